The maximum atomic E-state index is 13.2. The molecule has 11 nitrogen and oxygen atoms in total. The second-order valence-corrected chi connectivity index (χ2v) is 12.1. The number of urea groups is 1. The Balaban J connectivity index is 2.23. The Hall–Kier alpha value is -3.11. The number of ether oxygens (including phenoxy) is 2. The van der Waals surface area contributed by atoms with Gasteiger partial charge in [-0.1, -0.05) is 11.3 Å². The molecule has 0 bridgehead atoms. The number of nitrogens with zero attached hydrogens (tertiary/aromatic N) is 2. The monoisotopic (exact) mass is 595 g/mol. The lowest BCUT2D eigenvalue weighted by atomic mass is 10.2. The Bertz CT molecular complexity index is 1230. The van der Waals surface area contributed by atoms with E-state index in [1.165, 1.54) is 11.6 Å². The number of carbonyl (C=O) groups is 2. The zero-order valence-corrected chi connectivity index (χ0v) is 23.8. The van der Waals surface area contributed by atoms with Crippen molar-refractivity contribution in [1.82, 2.24) is 15.0 Å². The first-order chi connectivity index (χ1) is 18.0. The van der Waals surface area contributed by atoms with Crippen LogP contribution >= 0.6 is 11.3 Å². The molecule has 0 spiro atoms. The van der Waals surface area contributed by atoms with E-state index in [1.54, 1.807) is 45.0 Å². The number of aryl methyl sites for hydroxylation is 1. The van der Waals surface area contributed by atoms with E-state index in [0.717, 1.165) is 4.90 Å². The van der Waals surface area contributed by atoms with Crippen molar-refractivity contribution in [2.45, 2.75) is 57.0 Å². The molecule has 39 heavy (non-hydrogen) atoms. The highest BCUT2D eigenvalue weighted by atomic mass is 32.2. The van der Waals surface area contributed by atoms with E-state index in [-0.39, 0.29) is 30.3 Å². The van der Waals surface area contributed by atoms with Crippen LogP contribution < -0.4 is 25.0 Å². The van der Waals surface area contributed by atoms with Crippen molar-refractivity contribution in [3.05, 3.63) is 30.0 Å². The van der Waals surface area contributed by atoms with Crippen LogP contribution in [0.1, 0.15) is 39.8 Å². The standard InChI is InChI=1S/C23H32F3N5O6S2/c1-6-36-17-10-8-16(9-11-17)30-19(32)31(13-7-12-27-21(33)37-22(3,4)5)20-29-15(2)18(38-20)39(34,35)28-14-23(24,25)26/h8-11,28H,6-7,12-14H2,1-5H3,(H,27,33)(H,30,32). The molecule has 0 aliphatic rings. The first-order valence-electron chi connectivity index (χ1n) is 11.8. The lowest BCUT2D eigenvalue weighted by molar-refractivity contribution is -0.121. The lowest BCUT2D eigenvalue weighted by Crippen LogP contribution is -2.38. The number of amides is 3. The molecule has 0 radical (unpaired) electrons. The molecule has 3 amide bonds. The number of thiazole rings is 1. The maximum absolute atomic E-state index is 13.2. The normalized spacial score (nSPS) is 12.1. The number of nitrogens with one attached hydrogen (secondary N) is 3. The Morgan fingerprint density at radius 1 is 1.13 bits per heavy atom. The molecule has 0 atom stereocenters. The molecular weight excluding hydrogens is 563 g/mol. The van der Waals surface area contributed by atoms with Gasteiger partial charge >= 0.3 is 18.3 Å². The van der Waals surface area contributed by atoms with Crippen LogP contribution in [-0.2, 0) is 14.8 Å². The van der Waals surface area contributed by atoms with E-state index in [4.69, 9.17) is 9.47 Å². The summed E-state index contributed by atoms with van der Waals surface area (Å²) in [5, 5.41) is 5.18. The number of alkyl halides is 3. The van der Waals surface area contributed by atoms with Crippen molar-refractivity contribution >= 4 is 44.3 Å². The second kappa shape index (κ2) is 13.3. The molecule has 1 heterocycles. The van der Waals surface area contributed by atoms with Crippen LogP contribution in [-0.4, -0.2) is 63.5 Å². The van der Waals surface area contributed by atoms with Gasteiger partial charge in [0.15, 0.2) is 9.34 Å². The van der Waals surface area contributed by atoms with Gasteiger partial charge in [0.05, 0.1) is 12.3 Å². The summed E-state index contributed by atoms with van der Waals surface area (Å²) in [5.74, 6) is 0.595. The minimum atomic E-state index is -4.75. The number of sulfonamides is 1. The van der Waals surface area contributed by atoms with E-state index in [2.05, 4.69) is 15.6 Å². The summed E-state index contributed by atoms with van der Waals surface area (Å²) in [6.07, 6.45) is -5.18. The lowest BCUT2D eigenvalue weighted by Gasteiger charge is -2.22. The molecule has 0 aliphatic heterocycles. The number of halogens is 3. The van der Waals surface area contributed by atoms with Crippen LogP contribution in [0.25, 0.3) is 0 Å². The quantitative estimate of drug-likeness (QED) is 0.322. The summed E-state index contributed by atoms with van der Waals surface area (Å²) in [7, 11) is -4.55. The second-order valence-electron chi connectivity index (χ2n) is 9.13. The SMILES string of the molecule is CCOc1ccc(NC(=O)N(CCCNC(=O)OC(C)(C)C)c2nc(C)c(S(=O)(=O)NCC(F)(F)F)s2)cc1. The molecule has 218 valence electrons. The highest BCUT2D eigenvalue weighted by Crippen LogP contribution is 2.31. The molecule has 3 N–H and O–H groups in total. The fourth-order valence-corrected chi connectivity index (χ4v) is 5.58. The highest BCUT2D eigenvalue weighted by molar-refractivity contribution is 7.91. The average molecular weight is 596 g/mol. The number of benzene rings is 1. The van der Waals surface area contributed by atoms with Crippen molar-refractivity contribution in [1.29, 1.82) is 0 Å². The molecule has 2 rings (SSSR count). The molecule has 0 unspecified atom stereocenters. The van der Waals surface area contributed by atoms with Gasteiger partial charge in [0, 0.05) is 18.8 Å². The minimum Gasteiger partial charge on any atom is -0.494 e. The van der Waals surface area contributed by atoms with Crippen LogP contribution in [0.2, 0.25) is 0 Å². The van der Waals surface area contributed by atoms with Gasteiger partial charge in [-0.25, -0.2) is 27.7 Å². The van der Waals surface area contributed by atoms with Gasteiger partial charge in [-0.2, -0.15) is 13.2 Å². The van der Waals surface area contributed by atoms with E-state index < -0.39 is 44.7 Å². The summed E-state index contributed by atoms with van der Waals surface area (Å²) in [5.41, 5.74) is -0.363. The Labute approximate surface area is 229 Å². The van der Waals surface area contributed by atoms with Crippen LogP contribution in [0.15, 0.2) is 28.5 Å². The van der Waals surface area contributed by atoms with Crippen molar-refractivity contribution in [2.75, 3.05) is 36.5 Å². The molecule has 0 fully saturated rings. The first kappa shape index (κ1) is 32.1. The van der Waals surface area contributed by atoms with Gasteiger partial charge in [0.1, 0.15) is 17.9 Å². The molecule has 0 saturated carbocycles. The Kier molecular flexibility index (Phi) is 10.9. The van der Waals surface area contributed by atoms with Gasteiger partial charge in [-0.15, -0.1) is 0 Å². The largest absolute Gasteiger partial charge is 0.494 e. The fourth-order valence-electron chi connectivity index (χ4n) is 2.99. The van der Waals surface area contributed by atoms with E-state index in [0.29, 0.717) is 29.4 Å². The van der Waals surface area contributed by atoms with Crippen LogP contribution in [0.3, 0.4) is 0 Å². The zero-order chi connectivity index (χ0) is 29.4. The topological polar surface area (TPSA) is 139 Å². The van der Waals surface area contributed by atoms with Gasteiger partial charge in [-0.3, -0.25) is 4.90 Å². The third kappa shape index (κ3) is 10.9. The Morgan fingerprint density at radius 2 is 1.77 bits per heavy atom. The van der Waals surface area contributed by atoms with E-state index in [1.807, 2.05) is 6.92 Å². The smallest absolute Gasteiger partial charge is 0.407 e. The average Bonchev–Trinajstić information content (AvgIpc) is 3.19. The molecule has 1 aromatic heterocycles. The highest BCUT2D eigenvalue weighted by Gasteiger charge is 2.32. The molecule has 1 aromatic carbocycles. The number of anilines is 2. The van der Waals surface area contributed by atoms with E-state index in [9.17, 15) is 31.2 Å². The van der Waals surface area contributed by atoms with Gasteiger partial charge in [-0.05, 0) is 65.3 Å². The Morgan fingerprint density at radius 3 is 2.33 bits per heavy atom. The molecule has 16 heteroatoms. The summed E-state index contributed by atoms with van der Waals surface area (Å²) >= 11 is 0.549. The van der Waals surface area contributed by atoms with Crippen molar-refractivity contribution in [3.63, 3.8) is 0 Å². The number of hydrogen-bond donors (Lipinski definition) is 3. The van der Waals surface area contributed by atoms with Crippen LogP contribution in [0.4, 0.5) is 33.6 Å². The number of carbonyl (C=O) groups excluding carboxylic acids is 2. The third-order valence-corrected chi connectivity index (χ3v) is 7.76. The molecule has 2 aromatic rings. The summed E-state index contributed by atoms with van der Waals surface area (Å²) < 4.78 is 74.4. The zero-order valence-electron chi connectivity index (χ0n) is 22.1. The summed E-state index contributed by atoms with van der Waals surface area (Å²) in [6, 6.07) is 5.85. The van der Waals surface area contributed by atoms with Crippen molar-refractivity contribution in [3.8, 4) is 5.75 Å². The van der Waals surface area contributed by atoms with Crippen molar-refractivity contribution in [2.24, 2.45) is 0 Å². The molecular formula is C23H32F3N5O6S2. The predicted molar refractivity (Wildman–Crippen MR) is 141 cm³/mol. The first-order valence-corrected chi connectivity index (χ1v) is 14.1. The molecule has 0 aliphatic carbocycles. The molecule has 0 saturated heterocycles. The van der Waals surface area contributed by atoms with Crippen LogP contribution in [0.5, 0.6) is 5.75 Å². The maximum Gasteiger partial charge on any atom is 0.407 e. The van der Waals surface area contributed by atoms with Crippen molar-refractivity contribution < 1.29 is 40.7 Å². The summed E-state index contributed by atoms with van der Waals surface area (Å²) in [6.45, 7) is 7.08. The van der Waals surface area contributed by atoms with Crippen LogP contribution in [0, 0.1) is 6.92 Å². The van der Waals surface area contributed by atoms with Gasteiger partial charge in [0.25, 0.3) is 10.0 Å². The predicted octanol–water partition coefficient (Wildman–Crippen LogP) is 4.64. The van der Waals surface area contributed by atoms with Gasteiger partial charge < -0.3 is 20.1 Å². The van der Waals surface area contributed by atoms with E-state index >= 15 is 0 Å². The minimum absolute atomic E-state index is 0.0128. The number of alkyl carbamates (subject to hydrolysis) is 1. The third-order valence-electron chi connectivity index (χ3n) is 4.57. The van der Waals surface area contributed by atoms with Gasteiger partial charge in [0.2, 0.25) is 0 Å². The number of aromatic nitrogens is 1. The summed E-state index contributed by atoms with van der Waals surface area (Å²) in [4.78, 5) is 30.4. The fraction of sp³-hybridized carbons (Fsp3) is 0.522. The number of rotatable bonds is 11. The number of hydrogen-bond acceptors (Lipinski definition) is 8.